The highest BCUT2D eigenvalue weighted by Crippen LogP contribution is 2.24. The van der Waals surface area contributed by atoms with E-state index in [4.69, 9.17) is 0 Å². The van der Waals surface area contributed by atoms with Crippen LogP contribution in [0, 0.1) is 11.7 Å². The molecule has 4 nitrogen and oxygen atoms in total. The summed E-state index contributed by atoms with van der Waals surface area (Å²) in [5.41, 5.74) is 2.42. The molecule has 1 fully saturated rings. The molecule has 0 spiro atoms. The molecule has 2 aromatic rings. The summed E-state index contributed by atoms with van der Waals surface area (Å²) in [5.74, 6) is -0.399. The molecule has 1 amide bonds. The lowest BCUT2D eigenvalue weighted by Crippen LogP contribution is -2.46. The van der Waals surface area contributed by atoms with E-state index in [-0.39, 0.29) is 17.5 Å². The van der Waals surface area contributed by atoms with Crippen LogP contribution in [0.2, 0.25) is 0 Å². The highest BCUT2D eigenvalue weighted by atomic mass is 19.1. The van der Waals surface area contributed by atoms with Crippen LogP contribution in [0.15, 0.2) is 48.5 Å². The van der Waals surface area contributed by atoms with Gasteiger partial charge in [0.15, 0.2) is 5.78 Å². The Labute approximate surface area is 139 Å². The quantitative estimate of drug-likeness (QED) is 0.815. The van der Waals surface area contributed by atoms with Gasteiger partial charge in [0.25, 0.3) is 0 Å². The average Bonchev–Trinajstić information content (AvgIpc) is 2.62. The number of carbonyl (C=O) groups is 2. The van der Waals surface area contributed by atoms with Crippen molar-refractivity contribution in [1.82, 2.24) is 4.90 Å². The highest BCUT2D eigenvalue weighted by Gasteiger charge is 2.25. The van der Waals surface area contributed by atoms with Crippen molar-refractivity contribution in [2.75, 3.05) is 13.1 Å². The monoisotopic (exact) mass is 326 g/mol. The van der Waals surface area contributed by atoms with Crippen LogP contribution in [-0.2, 0) is 0 Å². The summed E-state index contributed by atoms with van der Waals surface area (Å²) in [6, 6.07) is 13.4. The molecular weight excluding hydrogens is 309 g/mol. The molecule has 2 aromatic carbocycles. The summed E-state index contributed by atoms with van der Waals surface area (Å²) in [7, 11) is 0. The zero-order valence-corrected chi connectivity index (χ0v) is 13.1. The molecule has 1 saturated heterocycles. The largest absolute Gasteiger partial charge is 0.530 e. The fourth-order valence-corrected chi connectivity index (χ4v) is 3.03. The van der Waals surface area contributed by atoms with Crippen LogP contribution in [0.25, 0.3) is 11.1 Å². The van der Waals surface area contributed by atoms with Gasteiger partial charge in [-0.1, -0.05) is 36.4 Å². The third-order valence-corrected chi connectivity index (χ3v) is 4.47. The Balaban J connectivity index is 1.68. The SMILES string of the molecule is O=C(c1ccc(-c2ccc(F)cc2)cc1)C1CCN(C(=O)[O-])CC1. The van der Waals surface area contributed by atoms with Crippen molar-refractivity contribution >= 4 is 11.9 Å². The van der Waals surface area contributed by atoms with Crippen LogP contribution in [0.4, 0.5) is 9.18 Å². The van der Waals surface area contributed by atoms with Gasteiger partial charge in [-0.2, -0.15) is 0 Å². The molecule has 1 aliphatic rings. The van der Waals surface area contributed by atoms with E-state index in [0.717, 1.165) is 11.1 Å². The third kappa shape index (κ3) is 3.45. The van der Waals surface area contributed by atoms with Crippen LogP contribution in [0.3, 0.4) is 0 Å². The van der Waals surface area contributed by atoms with Gasteiger partial charge in [-0.3, -0.25) is 4.79 Å². The Hall–Kier alpha value is -2.69. The fraction of sp³-hybridized carbons (Fsp3) is 0.263. The predicted molar refractivity (Wildman–Crippen MR) is 85.9 cm³/mol. The van der Waals surface area contributed by atoms with E-state index in [1.54, 1.807) is 24.3 Å². The second kappa shape index (κ2) is 6.83. The number of ketones is 1. The Morgan fingerprint density at radius 2 is 1.42 bits per heavy atom. The number of amides is 1. The van der Waals surface area contributed by atoms with Crippen molar-refractivity contribution < 1.29 is 19.1 Å². The van der Waals surface area contributed by atoms with Gasteiger partial charge in [-0.25, -0.2) is 4.39 Å². The molecule has 24 heavy (non-hydrogen) atoms. The molecule has 0 atom stereocenters. The molecule has 0 radical (unpaired) electrons. The molecular formula is C19H17FNO3-. The number of carboxylic acid groups (broad SMARTS) is 1. The van der Waals surface area contributed by atoms with Crippen molar-refractivity contribution in [3.05, 3.63) is 59.9 Å². The van der Waals surface area contributed by atoms with E-state index >= 15 is 0 Å². The first-order valence-corrected chi connectivity index (χ1v) is 7.91. The number of nitrogens with zero attached hydrogens (tertiary/aromatic N) is 1. The van der Waals surface area contributed by atoms with Crippen molar-refractivity contribution in [2.45, 2.75) is 12.8 Å². The van der Waals surface area contributed by atoms with Crippen LogP contribution in [-0.4, -0.2) is 29.9 Å². The topological polar surface area (TPSA) is 60.4 Å². The molecule has 0 bridgehead atoms. The zero-order chi connectivity index (χ0) is 17.1. The lowest BCUT2D eigenvalue weighted by atomic mass is 9.88. The maximum Gasteiger partial charge on any atom is 0.166 e. The normalized spacial score (nSPS) is 15.3. The van der Waals surface area contributed by atoms with Crippen LogP contribution in [0.5, 0.6) is 0 Å². The maximum absolute atomic E-state index is 13.0. The number of halogens is 1. The Bertz CT molecular complexity index is 732. The molecule has 0 saturated carbocycles. The number of hydrogen-bond acceptors (Lipinski definition) is 3. The summed E-state index contributed by atoms with van der Waals surface area (Å²) in [5, 5.41) is 10.8. The molecule has 0 unspecified atom stereocenters. The molecule has 124 valence electrons. The van der Waals surface area contributed by atoms with Crippen molar-refractivity contribution in [3.63, 3.8) is 0 Å². The number of hydrogen-bond donors (Lipinski definition) is 0. The Morgan fingerprint density at radius 1 is 0.917 bits per heavy atom. The molecule has 0 N–H and O–H groups in total. The number of likely N-dealkylation sites (tertiary alicyclic amines) is 1. The molecule has 3 rings (SSSR count). The number of carbonyl (C=O) groups excluding carboxylic acids is 2. The van der Waals surface area contributed by atoms with Crippen LogP contribution >= 0.6 is 0 Å². The number of benzene rings is 2. The van der Waals surface area contributed by atoms with Gasteiger partial charge in [-0.15, -0.1) is 0 Å². The van der Waals surface area contributed by atoms with Crippen LogP contribution < -0.4 is 5.11 Å². The van der Waals surface area contributed by atoms with Gasteiger partial charge in [-0.05, 0) is 36.1 Å². The first kappa shape index (κ1) is 16.2. The van der Waals surface area contributed by atoms with Gasteiger partial charge >= 0.3 is 0 Å². The summed E-state index contributed by atoms with van der Waals surface area (Å²) in [6.45, 7) is 0.679. The highest BCUT2D eigenvalue weighted by molar-refractivity contribution is 5.98. The minimum Gasteiger partial charge on any atom is -0.530 e. The Kier molecular flexibility index (Phi) is 4.60. The smallest absolute Gasteiger partial charge is 0.166 e. The van der Waals surface area contributed by atoms with Crippen molar-refractivity contribution in [3.8, 4) is 11.1 Å². The minimum absolute atomic E-state index is 0.0404. The Morgan fingerprint density at radius 3 is 1.92 bits per heavy atom. The molecule has 1 heterocycles. The maximum atomic E-state index is 13.0. The van der Waals surface area contributed by atoms with Crippen LogP contribution in [0.1, 0.15) is 23.2 Å². The molecule has 1 aliphatic heterocycles. The van der Waals surface area contributed by atoms with E-state index in [1.807, 2.05) is 12.1 Å². The van der Waals surface area contributed by atoms with Gasteiger partial charge in [0.1, 0.15) is 11.9 Å². The standard InChI is InChI=1S/C19H18FNO3/c20-17-7-5-14(6-8-17)13-1-3-15(4-2-13)18(22)16-9-11-21(12-10-16)19(23)24/h1-8,16H,9-12H2,(H,23,24)/p-1. The summed E-state index contributed by atoms with van der Waals surface area (Å²) < 4.78 is 13.0. The van der Waals surface area contributed by atoms with E-state index in [2.05, 4.69) is 0 Å². The van der Waals surface area contributed by atoms with E-state index in [1.165, 1.54) is 17.0 Å². The number of piperidine rings is 1. The van der Waals surface area contributed by atoms with Gasteiger partial charge in [0, 0.05) is 24.6 Å². The molecule has 0 aliphatic carbocycles. The number of rotatable bonds is 3. The van der Waals surface area contributed by atoms with Crippen molar-refractivity contribution in [1.29, 1.82) is 0 Å². The van der Waals surface area contributed by atoms with Gasteiger partial charge in [0.2, 0.25) is 0 Å². The first-order valence-electron chi connectivity index (χ1n) is 7.91. The van der Waals surface area contributed by atoms with E-state index in [0.29, 0.717) is 31.5 Å². The van der Waals surface area contributed by atoms with E-state index in [9.17, 15) is 19.1 Å². The van der Waals surface area contributed by atoms with Crippen molar-refractivity contribution in [2.24, 2.45) is 5.92 Å². The van der Waals surface area contributed by atoms with Gasteiger partial charge < -0.3 is 14.8 Å². The second-order valence-corrected chi connectivity index (χ2v) is 5.98. The second-order valence-electron chi connectivity index (χ2n) is 5.98. The van der Waals surface area contributed by atoms with E-state index < -0.39 is 6.09 Å². The number of Topliss-reactive ketones (excluding diaryl/α,β-unsaturated/α-hetero) is 1. The lowest BCUT2D eigenvalue weighted by Gasteiger charge is -2.33. The summed E-state index contributed by atoms with van der Waals surface area (Å²) in [4.78, 5) is 24.6. The lowest BCUT2D eigenvalue weighted by molar-refractivity contribution is -0.266. The average molecular weight is 326 g/mol. The predicted octanol–water partition coefficient (Wildman–Crippen LogP) is 2.73. The zero-order valence-electron chi connectivity index (χ0n) is 13.1. The minimum atomic E-state index is -1.18. The summed E-state index contributed by atoms with van der Waals surface area (Å²) >= 11 is 0. The van der Waals surface area contributed by atoms with Gasteiger partial charge in [0.05, 0.1) is 0 Å². The third-order valence-electron chi connectivity index (χ3n) is 4.47. The fourth-order valence-electron chi connectivity index (χ4n) is 3.03. The molecule has 5 heteroatoms. The molecule has 0 aromatic heterocycles. The summed E-state index contributed by atoms with van der Waals surface area (Å²) in [6.07, 6.45) is -0.136. The first-order chi connectivity index (χ1) is 11.5.